The van der Waals surface area contributed by atoms with Crippen LogP contribution in [-0.2, 0) is 9.53 Å². The molecule has 0 saturated heterocycles. The molecule has 1 amide bonds. The van der Waals surface area contributed by atoms with E-state index in [0.29, 0.717) is 11.7 Å². The van der Waals surface area contributed by atoms with Crippen LogP contribution in [-0.4, -0.2) is 35.1 Å². The highest BCUT2D eigenvalue weighted by atomic mass is 32.1. The second-order valence-electron chi connectivity index (χ2n) is 5.70. The predicted molar refractivity (Wildman–Crippen MR) is 101 cm³/mol. The Morgan fingerprint density at radius 1 is 1.23 bits per heavy atom. The normalized spacial score (nSPS) is 10.7. The molecule has 2 aromatic carbocycles. The van der Waals surface area contributed by atoms with E-state index in [4.69, 9.17) is 4.74 Å². The number of phenolic OH excluding ortho intramolecular Hbond substituents is 1. The van der Waals surface area contributed by atoms with Gasteiger partial charge in [0.2, 0.25) is 0 Å². The summed E-state index contributed by atoms with van der Waals surface area (Å²) in [5, 5.41) is 10.4. The molecule has 0 radical (unpaired) electrons. The number of hydrogen-bond donors (Lipinski definition) is 1. The van der Waals surface area contributed by atoms with Gasteiger partial charge in [0.15, 0.2) is 11.7 Å². The lowest BCUT2D eigenvalue weighted by Gasteiger charge is -2.17. The van der Waals surface area contributed by atoms with Gasteiger partial charge in [0.05, 0.1) is 10.2 Å². The van der Waals surface area contributed by atoms with Gasteiger partial charge in [0, 0.05) is 6.54 Å². The fourth-order valence-electron chi connectivity index (χ4n) is 2.49. The van der Waals surface area contributed by atoms with E-state index < -0.39 is 12.6 Å². The Hall–Kier alpha value is -2.93. The van der Waals surface area contributed by atoms with Crippen molar-refractivity contribution in [1.29, 1.82) is 0 Å². The third-order valence-electron chi connectivity index (χ3n) is 3.83. The Bertz CT molecular complexity index is 934. The number of nitrogens with zero attached hydrogens (tertiary/aromatic N) is 2. The highest BCUT2D eigenvalue weighted by Crippen LogP contribution is 2.28. The van der Waals surface area contributed by atoms with Crippen molar-refractivity contribution in [2.75, 3.05) is 18.1 Å². The first kappa shape index (κ1) is 17.9. The van der Waals surface area contributed by atoms with Crippen molar-refractivity contribution < 1.29 is 19.4 Å². The Morgan fingerprint density at radius 3 is 2.69 bits per heavy atom. The fourth-order valence-corrected chi connectivity index (χ4v) is 3.54. The number of carbonyl (C=O) groups excluding carboxylic acids is 2. The molecule has 134 valence electrons. The molecule has 1 N–H and O–H groups in total. The van der Waals surface area contributed by atoms with E-state index in [9.17, 15) is 14.7 Å². The summed E-state index contributed by atoms with van der Waals surface area (Å²) in [6.45, 7) is 3.62. The Balaban J connectivity index is 1.70. The molecule has 6 nitrogen and oxygen atoms in total. The average molecular weight is 370 g/mol. The topological polar surface area (TPSA) is 79.7 Å². The average Bonchev–Trinajstić information content (AvgIpc) is 3.04. The molecule has 0 atom stereocenters. The number of anilines is 1. The van der Waals surface area contributed by atoms with Crippen LogP contribution in [0, 0.1) is 6.92 Å². The summed E-state index contributed by atoms with van der Waals surface area (Å²) in [6, 6.07) is 12.3. The second kappa shape index (κ2) is 7.53. The molecule has 0 spiro atoms. The minimum absolute atomic E-state index is 0.0337. The van der Waals surface area contributed by atoms with Gasteiger partial charge in [-0.15, -0.1) is 0 Å². The minimum atomic E-state index is -0.740. The van der Waals surface area contributed by atoms with Crippen molar-refractivity contribution in [1.82, 2.24) is 4.98 Å². The number of likely N-dealkylation sites (N-methyl/N-ethyl adjacent to an activating group) is 1. The van der Waals surface area contributed by atoms with Gasteiger partial charge in [-0.25, -0.2) is 9.78 Å². The number of aryl methyl sites for hydroxylation is 1. The van der Waals surface area contributed by atoms with E-state index in [2.05, 4.69) is 4.98 Å². The number of hydrogen-bond acceptors (Lipinski definition) is 6. The summed E-state index contributed by atoms with van der Waals surface area (Å²) in [5.74, 6) is -1.27. The number of esters is 1. The van der Waals surface area contributed by atoms with E-state index in [0.717, 1.165) is 15.8 Å². The summed E-state index contributed by atoms with van der Waals surface area (Å²) < 4.78 is 6.06. The highest BCUT2D eigenvalue weighted by molar-refractivity contribution is 7.22. The molecule has 0 aliphatic rings. The van der Waals surface area contributed by atoms with Crippen LogP contribution in [0.2, 0.25) is 0 Å². The lowest BCUT2D eigenvalue weighted by molar-refractivity contribution is -0.121. The Kier molecular flexibility index (Phi) is 5.18. The van der Waals surface area contributed by atoms with Crippen LogP contribution in [0.3, 0.4) is 0 Å². The van der Waals surface area contributed by atoms with Crippen LogP contribution in [0.1, 0.15) is 22.8 Å². The third-order valence-corrected chi connectivity index (χ3v) is 4.89. The number of aromatic hydroxyl groups is 1. The SMILES string of the molecule is CCN(C(=O)COC(=O)c1ccc(C)cc1O)c1nc2ccccc2s1. The number of para-hydroxylation sites is 1. The first-order valence-electron chi connectivity index (χ1n) is 8.12. The van der Waals surface area contributed by atoms with Crippen molar-refractivity contribution >= 4 is 38.6 Å². The zero-order chi connectivity index (χ0) is 18.7. The summed E-state index contributed by atoms with van der Waals surface area (Å²) in [5.41, 5.74) is 1.68. The Morgan fingerprint density at radius 2 is 2.00 bits per heavy atom. The van der Waals surface area contributed by atoms with Gasteiger partial charge in [-0.1, -0.05) is 29.5 Å². The van der Waals surface area contributed by atoms with Crippen LogP contribution in [0.5, 0.6) is 5.75 Å². The molecule has 3 rings (SSSR count). The number of ether oxygens (including phenoxy) is 1. The fraction of sp³-hybridized carbons (Fsp3) is 0.211. The van der Waals surface area contributed by atoms with Crippen LogP contribution < -0.4 is 4.90 Å². The van der Waals surface area contributed by atoms with E-state index in [1.807, 2.05) is 31.2 Å². The molecular formula is C19H18N2O4S. The van der Waals surface area contributed by atoms with Crippen molar-refractivity contribution in [2.24, 2.45) is 0 Å². The summed E-state index contributed by atoms with van der Waals surface area (Å²) in [6.07, 6.45) is 0. The first-order chi connectivity index (χ1) is 12.5. The quantitative estimate of drug-likeness (QED) is 0.695. The van der Waals surface area contributed by atoms with Crippen LogP contribution in [0.15, 0.2) is 42.5 Å². The standard InChI is InChI=1S/C19H18N2O4S/c1-3-21(19-20-14-6-4-5-7-16(14)26-19)17(23)11-25-18(24)13-9-8-12(2)10-15(13)22/h4-10,22H,3,11H2,1-2H3. The minimum Gasteiger partial charge on any atom is -0.507 e. The Labute approximate surface area is 154 Å². The van der Waals surface area contributed by atoms with Crippen molar-refractivity contribution in [2.45, 2.75) is 13.8 Å². The van der Waals surface area contributed by atoms with E-state index in [-0.39, 0.29) is 17.2 Å². The van der Waals surface area contributed by atoms with Crippen LogP contribution >= 0.6 is 11.3 Å². The predicted octanol–water partition coefficient (Wildman–Crippen LogP) is 3.52. The molecule has 0 bridgehead atoms. The molecule has 3 aromatic rings. The van der Waals surface area contributed by atoms with Gasteiger partial charge in [-0.05, 0) is 43.7 Å². The van der Waals surface area contributed by atoms with Gasteiger partial charge >= 0.3 is 5.97 Å². The van der Waals surface area contributed by atoms with Gasteiger partial charge in [0.1, 0.15) is 11.3 Å². The number of aromatic nitrogens is 1. The number of thiazole rings is 1. The number of carbonyl (C=O) groups is 2. The van der Waals surface area contributed by atoms with Gasteiger partial charge in [0.25, 0.3) is 5.91 Å². The monoisotopic (exact) mass is 370 g/mol. The number of benzene rings is 2. The van der Waals surface area contributed by atoms with Crippen molar-refractivity contribution in [3.63, 3.8) is 0 Å². The molecule has 1 heterocycles. The molecule has 0 unspecified atom stereocenters. The molecule has 0 aliphatic heterocycles. The summed E-state index contributed by atoms with van der Waals surface area (Å²) >= 11 is 1.41. The van der Waals surface area contributed by atoms with Gasteiger partial charge in [-0.2, -0.15) is 0 Å². The lowest BCUT2D eigenvalue weighted by atomic mass is 10.1. The third kappa shape index (κ3) is 3.67. The lowest BCUT2D eigenvalue weighted by Crippen LogP contribution is -2.34. The number of phenols is 1. The maximum Gasteiger partial charge on any atom is 0.342 e. The molecule has 1 aromatic heterocycles. The zero-order valence-electron chi connectivity index (χ0n) is 14.4. The number of amides is 1. The van der Waals surface area contributed by atoms with E-state index in [1.54, 1.807) is 13.0 Å². The maximum atomic E-state index is 12.5. The molecule has 26 heavy (non-hydrogen) atoms. The van der Waals surface area contributed by atoms with Crippen molar-refractivity contribution in [3.8, 4) is 5.75 Å². The smallest absolute Gasteiger partial charge is 0.342 e. The van der Waals surface area contributed by atoms with Gasteiger partial charge < -0.3 is 9.84 Å². The molecule has 0 fully saturated rings. The first-order valence-corrected chi connectivity index (χ1v) is 8.94. The zero-order valence-corrected chi connectivity index (χ0v) is 15.2. The summed E-state index contributed by atoms with van der Waals surface area (Å²) in [4.78, 5) is 30.5. The van der Waals surface area contributed by atoms with Crippen LogP contribution in [0.4, 0.5) is 5.13 Å². The number of rotatable bonds is 5. The van der Waals surface area contributed by atoms with Crippen molar-refractivity contribution in [3.05, 3.63) is 53.6 Å². The summed E-state index contributed by atoms with van der Waals surface area (Å²) in [7, 11) is 0. The highest BCUT2D eigenvalue weighted by Gasteiger charge is 2.21. The molecular weight excluding hydrogens is 352 g/mol. The second-order valence-corrected chi connectivity index (χ2v) is 6.71. The van der Waals surface area contributed by atoms with E-state index >= 15 is 0 Å². The molecule has 7 heteroatoms. The van der Waals surface area contributed by atoms with Gasteiger partial charge in [-0.3, -0.25) is 9.69 Å². The molecule has 0 aliphatic carbocycles. The van der Waals surface area contributed by atoms with E-state index in [1.165, 1.54) is 28.4 Å². The maximum absolute atomic E-state index is 12.5. The number of fused-ring (bicyclic) bond motifs is 1. The molecule has 0 saturated carbocycles. The largest absolute Gasteiger partial charge is 0.507 e. The van der Waals surface area contributed by atoms with Crippen LogP contribution in [0.25, 0.3) is 10.2 Å².